The van der Waals surface area contributed by atoms with Crippen LogP contribution in [0.2, 0.25) is 0 Å². The van der Waals surface area contributed by atoms with Crippen molar-refractivity contribution in [2.45, 2.75) is 13.8 Å². The van der Waals surface area contributed by atoms with Crippen LogP contribution in [0.25, 0.3) is 5.82 Å². The molecule has 0 atom stereocenters. The molecule has 118 valence electrons. The molecule has 3 heterocycles. The molecular formula is C14H22N8. The molecule has 1 aliphatic heterocycles. The highest BCUT2D eigenvalue weighted by atomic mass is 15.5. The number of anilines is 2. The Hall–Kier alpha value is -2.19. The smallest absolute Gasteiger partial charge is 0.182 e. The Labute approximate surface area is 129 Å². The molecule has 3 N–H and O–H groups in total. The maximum atomic E-state index is 6.25. The lowest BCUT2D eigenvalue weighted by atomic mass is 10.3. The number of hydrogen-bond donors (Lipinski definition) is 2. The number of aryl methyl sites for hydroxylation is 2. The van der Waals surface area contributed by atoms with Gasteiger partial charge in [0, 0.05) is 31.9 Å². The van der Waals surface area contributed by atoms with Gasteiger partial charge in [0.1, 0.15) is 12.0 Å². The highest BCUT2D eigenvalue weighted by Crippen LogP contribution is 2.23. The third-order valence-electron chi connectivity index (χ3n) is 3.84. The zero-order valence-corrected chi connectivity index (χ0v) is 13.2. The van der Waals surface area contributed by atoms with E-state index in [4.69, 9.17) is 5.73 Å². The summed E-state index contributed by atoms with van der Waals surface area (Å²) in [6.07, 6.45) is 1.51. The Morgan fingerprint density at radius 2 is 1.86 bits per heavy atom. The summed E-state index contributed by atoms with van der Waals surface area (Å²) in [5.74, 6) is 1.24. The van der Waals surface area contributed by atoms with Crippen molar-refractivity contribution in [2.75, 3.05) is 44.4 Å². The predicted molar refractivity (Wildman–Crippen MR) is 85.7 cm³/mol. The normalized spacial score (nSPS) is 16.9. The van der Waals surface area contributed by atoms with Crippen LogP contribution in [0.5, 0.6) is 0 Å². The minimum Gasteiger partial charge on any atom is -0.393 e. The molecule has 0 spiro atoms. The Balaban J connectivity index is 1.84. The Morgan fingerprint density at radius 1 is 1.14 bits per heavy atom. The van der Waals surface area contributed by atoms with Gasteiger partial charge in [-0.3, -0.25) is 0 Å². The van der Waals surface area contributed by atoms with Gasteiger partial charge >= 0.3 is 0 Å². The first-order valence-corrected chi connectivity index (χ1v) is 7.39. The number of hydrogen-bond acceptors (Lipinski definition) is 7. The van der Waals surface area contributed by atoms with Gasteiger partial charge in [-0.25, -0.2) is 19.7 Å². The van der Waals surface area contributed by atoms with Gasteiger partial charge in [0.05, 0.1) is 5.69 Å². The minimum absolute atomic E-state index is 0.507. The van der Waals surface area contributed by atoms with E-state index in [0.717, 1.165) is 37.6 Å². The average Bonchev–Trinajstić information content (AvgIpc) is 2.82. The maximum Gasteiger partial charge on any atom is 0.182 e. The third kappa shape index (κ3) is 2.88. The molecule has 0 saturated carbocycles. The largest absolute Gasteiger partial charge is 0.393 e. The maximum absolute atomic E-state index is 6.25. The average molecular weight is 302 g/mol. The second kappa shape index (κ2) is 5.90. The second-order valence-corrected chi connectivity index (χ2v) is 5.70. The highest BCUT2D eigenvalue weighted by molar-refractivity contribution is 5.68. The molecular weight excluding hydrogens is 280 g/mol. The Morgan fingerprint density at radius 3 is 2.50 bits per heavy atom. The lowest BCUT2D eigenvalue weighted by molar-refractivity contribution is 0.178. The standard InChI is InChI=1S/C14H22N8/c1-10-8-11(2)22(18-10)14-12(15)13(16-9-17-14)19-21-6-4-20(3)5-7-21/h8-9H,4-7,15H2,1-3H3,(H,16,17,19). The molecule has 1 saturated heterocycles. The zero-order chi connectivity index (χ0) is 15.7. The first-order chi connectivity index (χ1) is 10.5. The van der Waals surface area contributed by atoms with Crippen molar-refractivity contribution < 1.29 is 0 Å². The van der Waals surface area contributed by atoms with Crippen LogP contribution in [0.15, 0.2) is 12.4 Å². The monoisotopic (exact) mass is 302 g/mol. The van der Waals surface area contributed by atoms with Gasteiger partial charge < -0.3 is 16.1 Å². The van der Waals surface area contributed by atoms with Crippen molar-refractivity contribution in [3.63, 3.8) is 0 Å². The third-order valence-corrected chi connectivity index (χ3v) is 3.84. The molecule has 1 fully saturated rings. The lowest BCUT2D eigenvalue weighted by Crippen LogP contribution is -2.47. The quantitative estimate of drug-likeness (QED) is 0.850. The molecule has 22 heavy (non-hydrogen) atoms. The molecule has 2 aromatic heterocycles. The Kier molecular flexibility index (Phi) is 3.95. The molecule has 0 bridgehead atoms. The van der Waals surface area contributed by atoms with Crippen molar-refractivity contribution in [1.82, 2.24) is 29.7 Å². The number of hydrazine groups is 1. The first kappa shape index (κ1) is 14.7. The van der Waals surface area contributed by atoms with E-state index < -0.39 is 0 Å². The fourth-order valence-corrected chi connectivity index (χ4v) is 2.56. The van der Waals surface area contributed by atoms with E-state index in [1.165, 1.54) is 6.33 Å². The summed E-state index contributed by atoms with van der Waals surface area (Å²) >= 11 is 0. The number of piperazine rings is 1. The molecule has 0 amide bonds. The minimum atomic E-state index is 0.507. The molecule has 8 heteroatoms. The molecule has 0 radical (unpaired) electrons. The summed E-state index contributed by atoms with van der Waals surface area (Å²) in [4.78, 5) is 10.9. The van der Waals surface area contributed by atoms with Crippen LogP contribution >= 0.6 is 0 Å². The number of nitrogen functional groups attached to an aromatic ring is 1. The van der Waals surface area contributed by atoms with E-state index in [-0.39, 0.29) is 0 Å². The first-order valence-electron chi connectivity index (χ1n) is 7.39. The molecule has 0 aliphatic carbocycles. The molecule has 1 aliphatic rings. The van der Waals surface area contributed by atoms with Crippen molar-refractivity contribution in [2.24, 2.45) is 0 Å². The van der Waals surface area contributed by atoms with Crippen LogP contribution in [0.4, 0.5) is 11.5 Å². The van der Waals surface area contributed by atoms with Crippen LogP contribution in [-0.2, 0) is 0 Å². The summed E-state index contributed by atoms with van der Waals surface area (Å²) < 4.78 is 1.75. The van der Waals surface area contributed by atoms with E-state index >= 15 is 0 Å². The predicted octanol–water partition coefficient (Wildman–Crippen LogP) is 0.436. The van der Waals surface area contributed by atoms with E-state index in [0.29, 0.717) is 17.3 Å². The Bertz CT molecular complexity index is 657. The van der Waals surface area contributed by atoms with E-state index in [1.54, 1.807) is 4.68 Å². The van der Waals surface area contributed by atoms with Crippen molar-refractivity contribution >= 4 is 11.5 Å². The van der Waals surface area contributed by atoms with E-state index in [1.807, 2.05) is 19.9 Å². The van der Waals surface area contributed by atoms with Gasteiger partial charge in [-0.05, 0) is 27.0 Å². The van der Waals surface area contributed by atoms with Gasteiger partial charge in [-0.2, -0.15) is 5.10 Å². The van der Waals surface area contributed by atoms with E-state index in [9.17, 15) is 0 Å². The van der Waals surface area contributed by atoms with Crippen molar-refractivity contribution in [3.8, 4) is 5.82 Å². The summed E-state index contributed by atoms with van der Waals surface area (Å²) in [5, 5.41) is 6.57. The number of likely N-dealkylation sites (N-methyl/N-ethyl adjacent to an activating group) is 1. The molecule has 2 aromatic rings. The lowest BCUT2D eigenvalue weighted by Gasteiger charge is -2.32. The fourth-order valence-electron chi connectivity index (χ4n) is 2.56. The molecule has 3 rings (SSSR count). The number of nitrogens with two attached hydrogens (primary N) is 1. The zero-order valence-electron chi connectivity index (χ0n) is 13.2. The highest BCUT2D eigenvalue weighted by Gasteiger charge is 2.17. The number of nitrogens with zero attached hydrogens (tertiary/aromatic N) is 6. The summed E-state index contributed by atoms with van der Waals surface area (Å²) in [6, 6.07) is 2.00. The fraction of sp³-hybridized carbons (Fsp3) is 0.500. The van der Waals surface area contributed by atoms with E-state index in [2.05, 4.69) is 37.4 Å². The second-order valence-electron chi connectivity index (χ2n) is 5.70. The summed E-state index contributed by atoms with van der Waals surface area (Å²) in [6.45, 7) is 7.81. The number of rotatable bonds is 3. The van der Waals surface area contributed by atoms with Gasteiger partial charge in [-0.1, -0.05) is 0 Å². The van der Waals surface area contributed by atoms with Gasteiger partial charge in [0.2, 0.25) is 0 Å². The van der Waals surface area contributed by atoms with Crippen molar-refractivity contribution in [3.05, 3.63) is 23.8 Å². The SMILES string of the molecule is Cc1cc(C)n(-c2ncnc(NN3CCN(C)CC3)c2N)n1. The van der Waals surface area contributed by atoms with Crippen LogP contribution in [-0.4, -0.2) is 62.9 Å². The topological polar surface area (TPSA) is 88.1 Å². The summed E-state index contributed by atoms with van der Waals surface area (Å²) in [5.41, 5.74) is 12.0. The number of nitrogens with one attached hydrogen (secondary N) is 1. The van der Waals surface area contributed by atoms with Gasteiger partial charge in [-0.15, -0.1) is 0 Å². The van der Waals surface area contributed by atoms with Crippen LogP contribution < -0.4 is 11.2 Å². The number of aromatic nitrogens is 4. The molecule has 0 aromatic carbocycles. The summed E-state index contributed by atoms with van der Waals surface area (Å²) in [7, 11) is 2.12. The van der Waals surface area contributed by atoms with Crippen molar-refractivity contribution in [1.29, 1.82) is 0 Å². The van der Waals surface area contributed by atoms with Gasteiger partial charge in [0.15, 0.2) is 11.6 Å². The van der Waals surface area contributed by atoms with Gasteiger partial charge in [0.25, 0.3) is 0 Å². The molecule has 8 nitrogen and oxygen atoms in total. The van der Waals surface area contributed by atoms with Crippen LogP contribution in [0, 0.1) is 13.8 Å². The van der Waals surface area contributed by atoms with Crippen LogP contribution in [0.1, 0.15) is 11.4 Å². The molecule has 0 unspecified atom stereocenters. The van der Waals surface area contributed by atoms with Crippen LogP contribution in [0.3, 0.4) is 0 Å².